The molecule has 4 nitrogen and oxygen atoms in total. The van der Waals surface area contributed by atoms with Gasteiger partial charge in [-0.25, -0.2) is 22.4 Å². The van der Waals surface area contributed by atoms with Crippen LogP contribution < -0.4 is 0 Å². The molecule has 0 amide bonds. The quantitative estimate of drug-likeness (QED) is 0.152. The van der Waals surface area contributed by atoms with Gasteiger partial charge in [-0.15, -0.1) is 0 Å². The standard InChI is InChI=1S/C15H12BrF4NO3/c1-2-24-15(23)7(5-21-6-3-4-6)14(22)8-9(16)11(18)13(20)12(19)10(8)17/h5-6,22H,2-4H2,1H3/b14-7-,21-5?. The van der Waals surface area contributed by atoms with Crippen molar-refractivity contribution in [2.75, 3.05) is 6.61 Å². The zero-order valence-corrected chi connectivity index (χ0v) is 14.0. The number of aliphatic hydroxyl groups excluding tert-OH is 1. The maximum absolute atomic E-state index is 14.0. The van der Waals surface area contributed by atoms with Gasteiger partial charge < -0.3 is 9.84 Å². The zero-order valence-electron chi connectivity index (χ0n) is 12.4. The van der Waals surface area contributed by atoms with Gasteiger partial charge in [0.2, 0.25) is 0 Å². The molecule has 9 heteroatoms. The highest BCUT2D eigenvalue weighted by atomic mass is 79.9. The van der Waals surface area contributed by atoms with Crippen LogP contribution in [0.4, 0.5) is 17.6 Å². The fourth-order valence-electron chi connectivity index (χ4n) is 1.77. The van der Waals surface area contributed by atoms with Crippen LogP contribution >= 0.6 is 15.9 Å². The van der Waals surface area contributed by atoms with Gasteiger partial charge in [0.1, 0.15) is 11.3 Å². The minimum Gasteiger partial charge on any atom is -0.506 e. The Morgan fingerprint density at radius 2 is 1.83 bits per heavy atom. The Labute approximate surface area is 143 Å². The van der Waals surface area contributed by atoms with Crippen LogP contribution in [0.5, 0.6) is 0 Å². The zero-order chi connectivity index (χ0) is 18.0. The second kappa shape index (κ2) is 7.33. The first-order valence-corrected chi connectivity index (χ1v) is 7.74. The monoisotopic (exact) mass is 409 g/mol. The fourth-order valence-corrected chi connectivity index (χ4v) is 2.31. The normalized spacial score (nSPS) is 15.6. The molecule has 1 aliphatic rings. The number of hydrogen-bond donors (Lipinski definition) is 1. The van der Waals surface area contributed by atoms with E-state index in [4.69, 9.17) is 4.74 Å². The molecule has 0 spiro atoms. The number of nitrogens with zero attached hydrogens (tertiary/aromatic N) is 1. The topological polar surface area (TPSA) is 58.9 Å². The number of benzene rings is 1. The molecule has 1 N–H and O–H groups in total. The van der Waals surface area contributed by atoms with Crippen LogP contribution in [0.3, 0.4) is 0 Å². The molecule has 0 heterocycles. The van der Waals surface area contributed by atoms with Gasteiger partial charge in [-0.2, -0.15) is 0 Å². The summed E-state index contributed by atoms with van der Waals surface area (Å²) in [7, 11) is 0. The van der Waals surface area contributed by atoms with E-state index in [2.05, 4.69) is 20.9 Å². The van der Waals surface area contributed by atoms with E-state index in [-0.39, 0.29) is 12.6 Å². The summed E-state index contributed by atoms with van der Waals surface area (Å²) in [5, 5.41) is 10.2. The van der Waals surface area contributed by atoms with Crippen LogP contribution in [-0.4, -0.2) is 29.9 Å². The lowest BCUT2D eigenvalue weighted by Gasteiger charge is -2.11. The van der Waals surface area contributed by atoms with E-state index in [1.807, 2.05) is 0 Å². The molecule has 0 saturated heterocycles. The van der Waals surface area contributed by atoms with Gasteiger partial charge >= 0.3 is 5.97 Å². The van der Waals surface area contributed by atoms with Gasteiger partial charge in [-0.1, -0.05) is 0 Å². The maximum Gasteiger partial charge on any atom is 0.343 e. The van der Waals surface area contributed by atoms with Crippen molar-refractivity contribution in [3.63, 3.8) is 0 Å². The van der Waals surface area contributed by atoms with Crippen molar-refractivity contribution in [1.29, 1.82) is 0 Å². The van der Waals surface area contributed by atoms with Crippen molar-refractivity contribution in [3.05, 3.63) is 38.9 Å². The molecule has 0 aliphatic heterocycles. The van der Waals surface area contributed by atoms with E-state index in [0.717, 1.165) is 19.1 Å². The molecule has 0 aromatic heterocycles. The third-order valence-electron chi connectivity index (χ3n) is 3.16. The highest BCUT2D eigenvalue weighted by Crippen LogP contribution is 2.34. The van der Waals surface area contributed by atoms with Crippen LogP contribution in [0.25, 0.3) is 5.76 Å². The number of aliphatic imine (C=N–C) groups is 1. The number of hydrogen-bond acceptors (Lipinski definition) is 4. The van der Waals surface area contributed by atoms with Crippen LogP contribution in [0, 0.1) is 23.3 Å². The second-order valence-corrected chi connectivity index (χ2v) is 5.73. The summed E-state index contributed by atoms with van der Waals surface area (Å²) < 4.78 is 58.1. The molecule has 130 valence electrons. The number of carbonyl (C=O) groups excluding carboxylic acids is 1. The van der Waals surface area contributed by atoms with Crippen LogP contribution in [-0.2, 0) is 9.53 Å². The molecule has 0 unspecified atom stereocenters. The molecule has 2 rings (SSSR count). The molecule has 0 bridgehead atoms. The lowest BCUT2D eigenvalue weighted by molar-refractivity contribution is -0.137. The Balaban J connectivity index is 2.64. The molecular formula is C15H12BrF4NO3. The maximum atomic E-state index is 14.0. The van der Waals surface area contributed by atoms with E-state index in [9.17, 15) is 27.5 Å². The van der Waals surface area contributed by atoms with Crippen LogP contribution in [0.1, 0.15) is 25.3 Å². The summed E-state index contributed by atoms with van der Waals surface area (Å²) in [5.74, 6) is -9.91. The SMILES string of the molecule is CCOC(=O)/C(C=NC1CC1)=C(\O)c1c(F)c(F)c(F)c(F)c1Br. The van der Waals surface area contributed by atoms with Gasteiger partial charge in [0.15, 0.2) is 23.3 Å². The Hall–Kier alpha value is -1.90. The van der Waals surface area contributed by atoms with E-state index >= 15 is 0 Å². The number of esters is 1. The van der Waals surface area contributed by atoms with Crippen molar-refractivity contribution in [1.82, 2.24) is 0 Å². The Kier molecular flexibility index (Phi) is 5.63. The van der Waals surface area contributed by atoms with E-state index < -0.39 is 50.6 Å². The number of carbonyl (C=O) groups is 1. The van der Waals surface area contributed by atoms with Crippen molar-refractivity contribution >= 4 is 33.9 Å². The summed E-state index contributed by atoms with van der Waals surface area (Å²) in [6.45, 7) is 1.45. The number of halogens is 5. The Bertz CT molecular complexity index is 716. The predicted molar refractivity (Wildman–Crippen MR) is 81.7 cm³/mol. The highest BCUT2D eigenvalue weighted by Gasteiger charge is 2.29. The number of ether oxygens (including phenoxy) is 1. The van der Waals surface area contributed by atoms with Gasteiger partial charge in [0.25, 0.3) is 0 Å². The first kappa shape index (κ1) is 18.4. The molecule has 0 atom stereocenters. The average molecular weight is 410 g/mol. The van der Waals surface area contributed by atoms with Gasteiger partial charge in [0, 0.05) is 6.21 Å². The first-order valence-electron chi connectivity index (χ1n) is 6.94. The van der Waals surface area contributed by atoms with Crippen molar-refractivity contribution in [2.24, 2.45) is 4.99 Å². The summed E-state index contributed by atoms with van der Waals surface area (Å²) >= 11 is 2.55. The van der Waals surface area contributed by atoms with Crippen LogP contribution in [0.2, 0.25) is 0 Å². The molecule has 0 radical (unpaired) electrons. The Morgan fingerprint density at radius 1 is 1.25 bits per heavy atom. The molecule has 1 aromatic carbocycles. The van der Waals surface area contributed by atoms with Gasteiger partial charge in [-0.3, -0.25) is 4.99 Å². The molecule has 1 fully saturated rings. The second-order valence-electron chi connectivity index (χ2n) is 4.94. The van der Waals surface area contributed by atoms with Crippen molar-refractivity contribution < 1.29 is 32.2 Å². The lowest BCUT2D eigenvalue weighted by Crippen LogP contribution is -2.13. The lowest BCUT2D eigenvalue weighted by atomic mass is 10.1. The van der Waals surface area contributed by atoms with E-state index in [1.165, 1.54) is 6.92 Å². The van der Waals surface area contributed by atoms with Gasteiger partial charge in [0.05, 0.1) is 22.7 Å². The molecular weight excluding hydrogens is 398 g/mol. The average Bonchev–Trinajstić information content (AvgIpc) is 3.36. The Morgan fingerprint density at radius 3 is 2.38 bits per heavy atom. The smallest absolute Gasteiger partial charge is 0.343 e. The summed E-state index contributed by atoms with van der Waals surface area (Å²) in [6.07, 6.45) is 2.52. The summed E-state index contributed by atoms with van der Waals surface area (Å²) in [5.41, 5.74) is -1.62. The molecule has 1 aliphatic carbocycles. The fraction of sp³-hybridized carbons (Fsp3) is 0.333. The summed E-state index contributed by atoms with van der Waals surface area (Å²) in [6, 6.07) is -0.0443. The molecule has 24 heavy (non-hydrogen) atoms. The minimum absolute atomic E-state index is 0.0443. The molecule has 1 aromatic rings. The highest BCUT2D eigenvalue weighted by molar-refractivity contribution is 9.10. The van der Waals surface area contributed by atoms with Crippen molar-refractivity contribution in [2.45, 2.75) is 25.8 Å². The van der Waals surface area contributed by atoms with Crippen molar-refractivity contribution in [3.8, 4) is 0 Å². The number of aliphatic hydroxyl groups is 1. The summed E-state index contributed by atoms with van der Waals surface area (Å²) in [4.78, 5) is 15.9. The van der Waals surface area contributed by atoms with E-state index in [0.29, 0.717) is 0 Å². The van der Waals surface area contributed by atoms with E-state index in [1.54, 1.807) is 0 Å². The largest absolute Gasteiger partial charge is 0.506 e. The first-order chi connectivity index (χ1) is 11.3. The third kappa shape index (κ3) is 3.61. The predicted octanol–water partition coefficient (Wildman–Crippen LogP) is 4.07. The number of rotatable bonds is 5. The van der Waals surface area contributed by atoms with Gasteiger partial charge in [-0.05, 0) is 35.7 Å². The van der Waals surface area contributed by atoms with Crippen LogP contribution in [0.15, 0.2) is 15.0 Å². The minimum atomic E-state index is -2.11. The molecule has 1 saturated carbocycles. The third-order valence-corrected chi connectivity index (χ3v) is 3.90.